The molecule has 0 aliphatic carbocycles. The van der Waals surface area contributed by atoms with Crippen molar-refractivity contribution in [2.24, 2.45) is 4.99 Å². The molecule has 140 valence electrons. The maximum atomic E-state index is 11.8. The molecule has 0 saturated carbocycles. The topological polar surface area (TPSA) is 58.4 Å². The summed E-state index contributed by atoms with van der Waals surface area (Å²) in [5, 5.41) is 6.69. The standard InChI is InChI=1S/C21H30N4O/c1-16-10-11-19(17(2)14-16)15-24-21(22-4)23-12-5-6-13-25-18(3)8-7-9-20(25)26/h7-11,14H,5-6,12-13,15H2,1-4H3,(H2,22,23,24). The zero-order valence-corrected chi connectivity index (χ0v) is 16.3. The van der Waals surface area contributed by atoms with Gasteiger partial charge in [0.1, 0.15) is 0 Å². The monoisotopic (exact) mass is 354 g/mol. The van der Waals surface area contributed by atoms with E-state index >= 15 is 0 Å². The van der Waals surface area contributed by atoms with E-state index in [2.05, 4.69) is 47.7 Å². The van der Waals surface area contributed by atoms with Crippen molar-refractivity contribution in [3.63, 3.8) is 0 Å². The van der Waals surface area contributed by atoms with Gasteiger partial charge in [-0.2, -0.15) is 0 Å². The highest BCUT2D eigenvalue weighted by Crippen LogP contribution is 2.09. The Morgan fingerprint density at radius 2 is 1.88 bits per heavy atom. The fraction of sp³-hybridized carbons (Fsp3) is 0.429. The number of guanidine groups is 1. The van der Waals surface area contributed by atoms with Gasteiger partial charge in [-0.3, -0.25) is 9.79 Å². The third kappa shape index (κ3) is 5.76. The van der Waals surface area contributed by atoms with Crippen LogP contribution in [0.2, 0.25) is 0 Å². The molecular weight excluding hydrogens is 324 g/mol. The Labute approximate surface area is 156 Å². The Bertz CT molecular complexity index is 808. The average molecular weight is 354 g/mol. The lowest BCUT2D eigenvalue weighted by Crippen LogP contribution is -2.37. The molecule has 0 saturated heterocycles. The summed E-state index contributed by atoms with van der Waals surface area (Å²) < 4.78 is 1.83. The summed E-state index contributed by atoms with van der Waals surface area (Å²) in [6.45, 7) is 8.54. The predicted molar refractivity (Wildman–Crippen MR) is 109 cm³/mol. The number of nitrogens with zero attached hydrogens (tertiary/aromatic N) is 2. The molecule has 0 aliphatic heterocycles. The Morgan fingerprint density at radius 1 is 1.08 bits per heavy atom. The molecule has 0 unspecified atom stereocenters. The first-order valence-corrected chi connectivity index (χ1v) is 9.18. The summed E-state index contributed by atoms with van der Waals surface area (Å²) >= 11 is 0. The number of rotatable bonds is 7. The van der Waals surface area contributed by atoms with Crippen molar-refractivity contribution in [3.05, 3.63) is 69.1 Å². The fourth-order valence-corrected chi connectivity index (χ4v) is 2.96. The summed E-state index contributed by atoms with van der Waals surface area (Å²) in [6, 6.07) is 11.9. The summed E-state index contributed by atoms with van der Waals surface area (Å²) in [5.41, 5.74) is 4.93. The first kappa shape index (κ1) is 19.8. The van der Waals surface area contributed by atoms with Crippen LogP contribution < -0.4 is 16.2 Å². The minimum Gasteiger partial charge on any atom is -0.356 e. The van der Waals surface area contributed by atoms with Crippen LogP contribution >= 0.6 is 0 Å². The molecule has 0 spiro atoms. The van der Waals surface area contributed by atoms with Crippen molar-refractivity contribution in [3.8, 4) is 0 Å². The van der Waals surface area contributed by atoms with Crippen molar-refractivity contribution in [2.75, 3.05) is 13.6 Å². The number of hydrogen-bond donors (Lipinski definition) is 2. The van der Waals surface area contributed by atoms with Crippen molar-refractivity contribution >= 4 is 5.96 Å². The number of nitrogens with one attached hydrogen (secondary N) is 2. The van der Waals surface area contributed by atoms with E-state index in [1.807, 2.05) is 17.6 Å². The van der Waals surface area contributed by atoms with Gasteiger partial charge in [0, 0.05) is 38.4 Å². The Morgan fingerprint density at radius 3 is 2.58 bits per heavy atom. The normalized spacial score (nSPS) is 11.5. The van der Waals surface area contributed by atoms with Crippen LogP contribution in [-0.4, -0.2) is 24.1 Å². The highest BCUT2D eigenvalue weighted by Gasteiger charge is 2.02. The largest absolute Gasteiger partial charge is 0.356 e. The molecule has 5 nitrogen and oxygen atoms in total. The van der Waals surface area contributed by atoms with Gasteiger partial charge in [0.15, 0.2) is 5.96 Å². The van der Waals surface area contributed by atoms with Crippen LogP contribution in [0.5, 0.6) is 0 Å². The zero-order chi connectivity index (χ0) is 18.9. The number of aliphatic imine (C=N–C) groups is 1. The molecule has 0 aliphatic rings. The number of benzene rings is 1. The van der Waals surface area contributed by atoms with Crippen LogP contribution in [0.25, 0.3) is 0 Å². The molecule has 2 N–H and O–H groups in total. The van der Waals surface area contributed by atoms with Crippen molar-refractivity contribution in [1.29, 1.82) is 0 Å². The molecule has 2 rings (SSSR count). The highest BCUT2D eigenvalue weighted by atomic mass is 16.1. The van der Waals surface area contributed by atoms with E-state index in [9.17, 15) is 4.79 Å². The Kier molecular flexibility index (Phi) is 7.45. The molecule has 1 aromatic carbocycles. The van der Waals surface area contributed by atoms with E-state index in [1.54, 1.807) is 19.2 Å². The summed E-state index contributed by atoms with van der Waals surface area (Å²) in [7, 11) is 1.78. The number of pyridine rings is 1. The van der Waals surface area contributed by atoms with Crippen LogP contribution in [0.1, 0.15) is 35.2 Å². The van der Waals surface area contributed by atoms with Gasteiger partial charge in [-0.05, 0) is 50.8 Å². The molecule has 0 atom stereocenters. The van der Waals surface area contributed by atoms with E-state index in [0.717, 1.165) is 44.1 Å². The molecule has 1 aromatic heterocycles. The highest BCUT2D eigenvalue weighted by molar-refractivity contribution is 5.79. The lowest BCUT2D eigenvalue weighted by molar-refractivity contribution is 0.575. The van der Waals surface area contributed by atoms with E-state index in [4.69, 9.17) is 0 Å². The number of unbranched alkanes of at least 4 members (excludes halogenated alkanes) is 1. The van der Waals surface area contributed by atoms with E-state index in [-0.39, 0.29) is 5.56 Å². The third-order valence-corrected chi connectivity index (χ3v) is 4.54. The molecular formula is C21H30N4O. The van der Waals surface area contributed by atoms with Crippen LogP contribution in [0.15, 0.2) is 46.2 Å². The van der Waals surface area contributed by atoms with Gasteiger partial charge in [-0.1, -0.05) is 29.8 Å². The maximum absolute atomic E-state index is 11.8. The van der Waals surface area contributed by atoms with Gasteiger partial charge in [0.05, 0.1) is 0 Å². The Balaban J connectivity index is 1.73. The van der Waals surface area contributed by atoms with Crippen molar-refractivity contribution in [2.45, 2.75) is 46.7 Å². The maximum Gasteiger partial charge on any atom is 0.250 e. The third-order valence-electron chi connectivity index (χ3n) is 4.54. The lowest BCUT2D eigenvalue weighted by Gasteiger charge is -2.14. The molecule has 0 fully saturated rings. The molecule has 0 bridgehead atoms. The van der Waals surface area contributed by atoms with E-state index in [0.29, 0.717) is 0 Å². The Hall–Kier alpha value is -2.56. The minimum absolute atomic E-state index is 0.0731. The summed E-state index contributed by atoms with van der Waals surface area (Å²) in [5.74, 6) is 0.804. The van der Waals surface area contributed by atoms with Gasteiger partial charge in [-0.15, -0.1) is 0 Å². The molecule has 5 heteroatoms. The van der Waals surface area contributed by atoms with Crippen LogP contribution in [-0.2, 0) is 13.1 Å². The first-order valence-electron chi connectivity index (χ1n) is 9.18. The molecule has 26 heavy (non-hydrogen) atoms. The smallest absolute Gasteiger partial charge is 0.250 e. The van der Waals surface area contributed by atoms with Crippen LogP contribution in [0.3, 0.4) is 0 Å². The van der Waals surface area contributed by atoms with Crippen LogP contribution in [0.4, 0.5) is 0 Å². The fourth-order valence-electron chi connectivity index (χ4n) is 2.96. The quantitative estimate of drug-likeness (QED) is 0.457. The van der Waals surface area contributed by atoms with Crippen molar-refractivity contribution < 1.29 is 0 Å². The summed E-state index contributed by atoms with van der Waals surface area (Å²) in [4.78, 5) is 16.1. The lowest BCUT2D eigenvalue weighted by atomic mass is 10.1. The molecule has 0 radical (unpaired) electrons. The second-order valence-corrected chi connectivity index (χ2v) is 6.65. The number of aromatic nitrogens is 1. The van der Waals surface area contributed by atoms with Gasteiger partial charge >= 0.3 is 0 Å². The molecule has 1 heterocycles. The molecule has 2 aromatic rings. The van der Waals surface area contributed by atoms with Gasteiger partial charge in [0.25, 0.3) is 5.56 Å². The predicted octanol–water partition coefficient (Wildman–Crippen LogP) is 2.92. The second kappa shape index (κ2) is 9.80. The number of hydrogen-bond acceptors (Lipinski definition) is 2. The zero-order valence-electron chi connectivity index (χ0n) is 16.3. The number of aryl methyl sites for hydroxylation is 3. The first-order chi connectivity index (χ1) is 12.5. The van der Waals surface area contributed by atoms with Gasteiger partial charge in [-0.25, -0.2) is 0 Å². The van der Waals surface area contributed by atoms with E-state index < -0.39 is 0 Å². The van der Waals surface area contributed by atoms with Crippen molar-refractivity contribution in [1.82, 2.24) is 15.2 Å². The SMILES string of the molecule is CN=C(NCCCCn1c(C)cccc1=O)NCc1ccc(C)cc1C. The summed E-state index contributed by atoms with van der Waals surface area (Å²) in [6.07, 6.45) is 1.93. The second-order valence-electron chi connectivity index (χ2n) is 6.65. The van der Waals surface area contributed by atoms with Crippen LogP contribution in [0, 0.1) is 20.8 Å². The average Bonchev–Trinajstić information content (AvgIpc) is 2.61. The van der Waals surface area contributed by atoms with E-state index in [1.165, 1.54) is 16.7 Å². The van der Waals surface area contributed by atoms with Gasteiger partial charge < -0.3 is 15.2 Å². The molecule has 0 amide bonds. The van der Waals surface area contributed by atoms with Gasteiger partial charge in [0.2, 0.25) is 0 Å². The minimum atomic E-state index is 0.0731.